The maximum atomic E-state index is 4.70. The largest absolute Gasteiger partial charge is 0.343 e. The summed E-state index contributed by atoms with van der Waals surface area (Å²) in [7, 11) is 0. The minimum absolute atomic E-state index is 0.672. The first-order valence-corrected chi connectivity index (χ1v) is 6.22. The van der Waals surface area contributed by atoms with Crippen molar-refractivity contribution in [3.05, 3.63) is 12.2 Å². The second-order valence-electron chi connectivity index (χ2n) is 5.17. The van der Waals surface area contributed by atoms with Gasteiger partial charge in [0.05, 0.1) is 0 Å². The molecule has 0 radical (unpaired) electrons. The van der Waals surface area contributed by atoms with Gasteiger partial charge >= 0.3 is 0 Å². The smallest absolute Gasteiger partial charge is 0.213 e. The standard InChI is InChI=1S/C12H21N3O/c1-9-5-10(2)7-11(6-9)13-4-3-12-14-8-16-15-12/h8-11,13H,3-7H2,1-2H3. The van der Waals surface area contributed by atoms with Gasteiger partial charge in [0.25, 0.3) is 0 Å². The summed E-state index contributed by atoms with van der Waals surface area (Å²) in [5, 5.41) is 7.40. The van der Waals surface area contributed by atoms with Crippen LogP contribution < -0.4 is 5.32 Å². The Balaban J connectivity index is 1.69. The Morgan fingerprint density at radius 1 is 1.31 bits per heavy atom. The Labute approximate surface area is 96.8 Å². The average molecular weight is 223 g/mol. The van der Waals surface area contributed by atoms with Crippen molar-refractivity contribution in [2.24, 2.45) is 11.8 Å². The summed E-state index contributed by atoms with van der Waals surface area (Å²) in [6, 6.07) is 0.672. The molecule has 0 aliphatic heterocycles. The van der Waals surface area contributed by atoms with Crippen LogP contribution in [0.3, 0.4) is 0 Å². The third-order valence-corrected chi connectivity index (χ3v) is 3.37. The molecule has 1 aliphatic carbocycles. The SMILES string of the molecule is CC1CC(C)CC(NCCc2ncon2)C1. The summed E-state index contributed by atoms with van der Waals surface area (Å²) in [4.78, 5) is 4.01. The van der Waals surface area contributed by atoms with Gasteiger partial charge in [-0.1, -0.05) is 19.0 Å². The van der Waals surface area contributed by atoms with Crippen molar-refractivity contribution < 1.29 is 4.52 Å². The average Bonchev–Trinajstić information content (AvgIpc) is 2.69. The zero-order valence-corrected chi connectivity index (χ0v) is 10.1. The van der Waals surface area contributed by atoms with Gasteiger partial charge in [-0.05, 0) is 31.1 Å². The number of nitrogens with one attached hydrogen (secondary N) is 1. The van der Waals surface area contributed by atoms with Crippen molar-refractivity contribution in [1.29, 1.82) is 0 Å². The molecule has 1 aromatic heterocycles. The zero-order chi connectivity index (χ0) is 11.4. The lowest BCUT2D eigenvalue weighted by Crippen LogP contribution is -2.37. The predicted octanol–water partition coefficient (Wildman–Crippen LogP) is 2.03. The van der Waals surface area contributed by atoms with Crippen LogP contribution in [0.15, 0.2) is 10.9 Å². The Hall–Kier alpha value is -0.900. The quantitative estimate of drug-likeness (QED) is 0.848. The fourth-order valence-electron chi connectivity index (χ4n) is 2.80. The van der Waals surface area contributed by atoms with E-state index >= 15 is 0 Å². The van der Waals surface area contributed by atoms with Crippen molar-refractivity contribution >= 4 is 0 Å². The lowest BCUT2D eigenvalue weighted by molar-refractivity contribution is 0.239. The van der Waals surface area contributed by atoms with Crippen molar-refractivity contribution in [2.75, 3.05) is 6.54 Å². The lowest BCUT2D eigenvalue weighted by Gasteiger charge is -2.32. The van der Waals surface area contributed by atoms with E-state index in [9.17, 15) is 0 Å². The van der Waals surface area contributed by atoms with Crippen molar-refractivity contribution in [1.82, 2.24) is 15.5 Å². The molecule has 1 fully saturated rings. The molecule has 1 heterocycles. The van der Waals surface area contributed by atoms with Gasteiger partial charge in [-0.15, -0.1) is 0 Å². The summed E-state index contributed by atoms with van der Waals surface area (Å²) < 4.78 is 4.70. The molecule has 1 aromatic rings. The molecule has 2 atom stereocenters. The molecule has 1 aliphatic rings. The fraction of sp³-hybridized carbons (Fsp3) is 0.833. The van der Waals surface area contributed by atoms with E-state index in [1.165, 1.54) is 25.7 Å². The first kappa shape index (κ1) is 11.6. The van der Waals surface area contributed by atoms with Crippen molar-refractivity contribution in [2.45, 2.75) is 45.6 Å². The molecule has 4 nitrogen and oxygen atoms in total. The zero-order valence-electron chi connectivity index (χ0n) is 10.1. The Bertz CT molecular complexity index is 289. The molecular weight excluding hydrogens is 202 g/mol. The number of hydrogen-bond donors (Lipinski definition) is 1. The predicted molar refractivity (Wildman–Crippen MR) is 62.0 cm³/mol. The third-order valence-electron chi connectivity index (χ3n) is 3.37. The second-order valence-corrected chi connectivity index (χ2v) is 5.17. The van der Waals surface area contributed by atoms with E-state index in [0.717, 1.165) is 30.6 Å². The molecule has 0 bridgehead atoms. The highest BCUT2D eigenvalue weighted by atomic mass is 16.5. The molecule has 2 unspecified atom stereocenters. The van der Waals surface area contributed by atoms with Crippen LogP contribution >= 0.6 is 0 Å². The van der Waals surface area contributed by atoms with Gasteiger partial charge in [-0.25, -0.2) is 0 Å². The highest BCUT2D eigenvalue weighted by Crippen LogP contribution is 2.28. The Kier molecular flexibility index (Phi) is 3.93. The van der Waals surface area contributed by atoms with Crippen LogP contribution in [0.1, 0.15) is 38.9 Å². The topological polar surface area (TPSA) is 51.0 Å². The Morgan fingerprint density at radius 3 is 2.69 bits per heavy atom. The van der Waals surface area contributed by atoms with Gasteiger partial charge in [0, 0.05) is 19.0 Å². The van der Waals surface area contributed by atoms with Gasteiger partial charge in [0.15, 0.2) is 5.82 Å². The summed E-state index contributed by atoms with van der Waals surface area (Å²) in [5.41, 5.74) is 0. The fourth-order valence-corrected chi connectivity index (χ4v) is 2.80. The van der Waals surface area contributed by atoms with E-state index in [1.54, 1.807) is 0 Å². The van der Waals surface area contributed by atoms with Crippen LogP contribution in [0.5, 0.6) is 0 Å². The van der Waals surface area contributed by atoms with E-state index in [-0.39, 0.29) is 0 Å². The van der Waals surface area contributed by atoms with E-state index in [2.05, 4.69) is 29.3 Å². The molecular formula is C12H21N3O. The Morgan fingerprint density at radius 2 is 2.06 bits per heavy atom. The maximum Gasteiger partial charge on any atom is 0.213 e. The maximum absolute atomic E-state index is 4.70. The summed E-state index contributed by atoms with van der Waals surface area (Å²) in [6.07, 6.45) is 6.23. The normalized spacial score (nSPS) is 30.5. The van der Waals surface area contributed by atoms with Crippen LogP contribution in [0.25, 0.3) is 0 Å². The summed E-state index contributed by atoms with van der Waals surface area (Å²) in [6.45, 7) is 5.65. The molecule has 1 N–H and O–H groups in total. The molecule has 90 valence electrons. The third kappa shape index (κ3) is 3.30. The molecule has 1 saturated carbocycles. The number of rotatable bonds is 4. The van der Waals surface area contributed by atoms with Crippen LogP contribution in [0.4, 0.5) is 0 Å². The van der Waals surface area contributed by atoms with Gasteiger partial charge in [0.1, 0.15) is 0 Å². The van der Waals surface area contributed by atoms with E-state index < -0.39 is 0 Å². The second kappa shape index (κ2) is 5.43. The summed E-state index contributed by atoms with van der Waals surface area (Å²) in [5.74, 6) is 2.50. The lowest BCUT2D eigenvalue weighted by atomic mass is 9.80. The van der Waals surface area contributed by atoms with E-state index in [1.807, 2.05) is 0 Å². The first-order valence-electron chi connectivity index (χ1n) is 6.22. The number of aromatic nitrogens is 2. The number of nitrogens with zero attached hydrogens (tertiary/aromatic N) is 2. The van der Waals surface area contributed by atoms with Crippen molar-refractivity contribution in [3.8, 4) is 0 Å². The van der Waals surface area contributed by atoms with E-state index in [4.69, 9.17) is 4.52 Å². The van der Waals surface area contributed by atoms with Crippen molar-refractivity contribution in [3.63, 3.8) is 0 Å². The minimum atomic E-state index is 0.672. The van der Waals surface area contributed by atoms with Gasteiger partial charge < -0.3 is 9.84 Å². The molecule has 16 heavy (non-hydrogen) atoms. The highest BCUT2D eigenvalue weighted by molar-refractivity contribution is 4.83. The van der Waals surface area contributed by atoms with Crippen LogP contribution in [-0.2, 0) is 6.42 Å². The molecule has 4 heteroatoms. The van der Waals surface area contributed by atoms with Gasteiger partial charge in [-0.3, -0.25) is 0 Å². The van der Waals surface area contributed by atoms with Gasteiger partial charge in [-0.2, -0.15) is 4.98 Å². The van der Waals surface area contributed by atoms with Crippen LogP contribution in [-0.4, -0.2) is 22.7 Å². The highest BCUT2D eigenvalue weighted by Gasteiger charge is 2.23. The minimum Gasteiger partial charge on any atom is -0.343 e. The van der Waals surface area contributed by atoms with Crippen LogP contribution in [0, 0.1) is 11.8 Å². The molecule has 0 saturated heterocycles. The van der Waals surface area contributed by atoms with Crippen LogP contribution in [0.2, 0.25) is 0 Å². The van der Waals surface area contributed by atoms with Gasteiger partial charge in [0.2, 0.25) is 6.39 Å². The molecule has 0 amide bonds. The van der Waals surface area contributed by atoms with E-state index in [0.29, 0.717) is 6.04 Å². The summed E-state index contributed by atoms with van der Waals surface area (Å²) >= 11 is 0. The molecule has 2 rings (SSSR count). The monoisotopic (exact) mass is 223 g/mol. The molecule has 0 aromatic carbocycles. The number of hydrogen-bond acceptors (Lipinski definition) is 4. The molecule has 0 spiro atoms. The first-order chi connectivity index (χ1) is 7.74.